The highest BCUT2D eigenvalue weighted by atomic mass is 16.1. The second-order valence-electron chi connectivity index (χ2n) is 6.96. The van der Waals surface area contributed by atoms with E-state index in [0.29, 0.717) is 12.1 Å². The largest absolute Gasteiger partial charge is 0.365 e. The molecule has 6 nitrogen and oxygen atoms in total. The molecule has 0 spiro atoms. The summed E-state index contributed by atoms with van der Waals surface area (Å²) >= 11 is 0. The highest BCUT2D eigenvalue weighted by Gasteiger charge is 2.17. The Kier molecular flexibility index (Phi) is 8.40. The first-order valence-corrected chi connectivity index (χ1v) is 9.55. The van der Waals surface area contributed by atoms with Crippen LogP contribution in [-0.4, -0.2) is 50.0 Å². The van der Waals surface area contributed by atoms with Gasteiger partial charge in [0.05, 0.1) is 0 Å². The second-order valence-corrected chi connectivity index (χ2v) is 6.96. The molecule has 0 fully saturated rings. The van der Waals surface area contributed by atoms with Crippen LogP contribution in [0.1, 0.15) is 15.9 Å². The topological polar surface area (TPSA) is 71.7 Å². The Bertz CT molecular complexity index is 958. The van der Waals surface area contributed by atoms with Gasteiger partial charge in [-0.2, -0.15) is 5.26 Å². The number of aliphatic imine (C=N–C) groups is 1. The van der Waals surface area contributed by atoms with Crippen LogP contribution in [0.4, 0.5) is 0 Å². The Morgan fingerprint density at radius 1 is 1.00 bits per heavy atom. The third-order valence-corrected chi connectivity index (χ3v) is 4.26. The summed E-state index contributed by atoms with van der Waals surface area (Å²) in [5, 5.41) is 12.9. The van der Waals surface area contributed by atoms with Crippen molar-refractivity contribution in [2.24, 2.45) is 4.99 Å². The maximum Gasteiger partial charge on any atom is 0.207 e. The molecule has 0 saturated carbocycles. The molecule has 0 saturated heterocycles. The van der Waals surface area contributed by atoms with E-state index in [9.17, 15) is 10.1 Å². The van der Waals surface area contributed by atoms with Crippen LogP contribution < -0.4 is 5.32 Å². The number of ketones is 1. The van der Waals surface area contributed by atoms with Crippen molar-refractivity contribution in [3.8, 4) is 6.07 Å². The van der Waals surface area contributed by atoms with Crippen LogP contribution >= 0.6 is 0 Å². The van der Waals surface area contributed by atoms with Gasteiger partial charge in [0.1, 0.15) is 23.3 Å². The first-order chi connectivity index (χ1) is 14.4. The lowest BCUT2D eigenvalue weighted by Gasteiger charge is -2.23. The molecule has 0 bridgehead atoms. The minimum Gasteiger partial charge on any atom is -0.365 e. The van der Waals surface area contributed by atoms with E-state index in [2.05, 4.69) is 10.3 Å². The maximum absolute atomic E-state index is 12.9. The summed E-state index contributed by atoms with van der Waals surface area (Å²) in [7, 11) is 7.74. The lowest BCUT2D eigenvalue weighted by molar-refractivity contribution is 0.103. The Labute approximate surface area is 178 Å². The highest BCUT2D eigenvalue weighted by Crippen LogP contribution is 2.13. The number of nitrogens with zero attached hydrogens (tertiary/aromatic N) is 4. The third-order valence-electron chi connectivity index (χ3n) is 4.26. The summed E-state index contributed by atoms with van der Waals surface area (Å²) in [6.45, 7) is 0.443. The van der Waals surface area contributed by atoms with Gasteiger partial charge in [-0.25, -0.2) is 4.99 Å². The average Bonchev–Trinajstić information content (AvgIpc) is 2.75. The number of hydrogen-bond acceptors (Lipinski definition) is 6. The maximum atomic E-state index is 12.9. The molecule has 0 aliphatic heterocycles. The quantitative estimate of drug-likeness (QED) is 0.302. The molecule has 1 N–H and O–H groups in total. The van der Waals surface area contributed by atoms with Gasteiger partial charge in [0.15, 0.2) is 0 Å². The fourth-order valence-electron chi connectivity index (χ4n) is 2.80. The van der Waals surface area contributed by atoms with Crippen LogP contribution in [0, 0.1) is 11.3 Å². The Morgan fingerprint density at radius 3 is 2.10 bits per heavy atom. The standard InChI is InChI=1S/C24H27N5O/c1-28(2)22(29(3)4)15-16-26-24(27-18-19-11-7-5-8-12-19)21(17-25)23(30)20-13-9-6-10-14-20/h5-16,27H,18H2,1-4H3/b24-21-,26-16-. The molecule has 0 aromatic heterocycles. The second kappa shape index (κ2) is 11.2. The van der Waals surface area contributed by atoms with Crippen LogP contribution in [0.15, 0.2) is 88.9 Å². The van der Waals surface area contributed by atoms with Crippen molar-refractivity contribution in [2.75, 3.05) is 28.2 Å². The van der Waals surface area contributed by atoms with Gasteiger partial charge in [0.25, 0.3) is 0 Å². The number of nitrogens with one attached hydrogen (secondary N) is 1. The minimum absolute atomic E-state index is 0.0296. The van der Waals surface area contributed by atoms with Gasteiger partial charge >= 0.3 is 0 Å². The summed E-state index contributed by atoms with van der Waals surface area (Å²) in [5.41, 5.74) is 1.44. The van der Waals surface area contributed by atoms with Crippen molar-refractivity contribution < 1.29 is 4.79 Å². The van der Waals surface area contributed by atoms with Crippen molar-refractivity contribution in [1.29, 1.82) is 5.26 Å². The van der Waals surface area contributed by atoms with Gasteiger partial charge in [-0.1, -0.05) is 60.7 Å². The van der Waals surface area contributed by atoms with Crippen molar-refractivity contribution in [1.82, 2.24) is 15.1 Å². The van der Waals surface area contributed by atoms with Crippen LogP contribution in [0.25, 0.3) is 0 Å². The van der Waals surface area contributed by atoms with Gasteiger partial charge < -0.3 is 15.1 Å². The number of rotatable bonds is 9. The third kappa shape index (κ3) is 6.35. The summed E-state index contributed by atoms with van der Waals surface area (Å²) in [4.78, 5) is 21.3. The lowest BCUT2D eigenvalue weighted by Crippen LogP contribution is -2.24. The van der Waals surface area contributed by atoms with Crippen molar-refractivity contribution in [2.45, 2.75) is 6.54 Å². The fraction of sp³-hybridized carbons (Fsp3) is 0.208. The lowest BCUT2D eigenvalue weighted by atomic mass is 10.0. The molecule has 0 heterocycles. The Morgan fingerprint density at radius 2 is 1.57 bits per heavy atom. The smallest absolute Gasteiger partial charge is 0.207 e. The monoisotopic (exact) mass is 401 g/mol. The van der Waals surface area contributed by atoms with Crippen LogP contribution in [0.2, 0.25) is 0 Å². The van der Waals surface area contributed by atoms with Gasteiger partial charge in [-0.05, 0) is 11.6 Å². The molecule has 2 rings (SSSR count). The van der Waals surface area contributed by atoms with Crippen molar-refractivity contribution in [3.05, 3.63) is 95.1 Å². The number of hydrogen-bond donors (Lipinski definition) is 1. The van der Waals surface area contributed by atoms with E-state index < -0.39 is 0 Å². The molecular weight excluding hydrogens is 374 g/mol. The first kappa shape index (κ1) is 22.4. The Balaban J connectivity index is 2.41. The number of benzene rings is 2. The van der Waals surface area contributed by atoms with Crippen molar-refractivity contribution >= 4 is 12.0 Å². The predicted octanol–water partition coefficient (Wildman–Crippen LogP) is 3.43. The zero-order valence-electron chi connectivity index (χ0n) is 17.8. The van der Waals surface area contributed by atoms with E-state index in [-0.39, 0.29) is 17.2 Å². The van der Waals surface area contributed by atoms with E-state index in [1.165, 1.54) is 0 Å². The van der Waals surface area contributed by atoms with Crippen LogP contribution in [-0.2, 0) is 6.54 Å². The van der Waals surface area contributed by atoms with E-state index in [1.807, 2.05) is 86.5 Å². The summed E-state index contributed by atoms with van der Waals surface area (Å²) in [6.07, 6.45) is 3.42. The molecular formula is C24H27N5O. The van der Waals surface area contributed by atoms with E-state index >= 15 is 0 Å². The number of Topliss-reactive ketones (excluding diaryl/α,β-unsaturated/α-hetero) is 1. The van der Waals surface area contributed by atoms with Gasteiger partial charge in [0.2, 0.25) is 5.78 Å². The number of carbonyl (C=O) groups excluding carboxylic acids is 1. The summed E-state index contributed by atoms with van der Waals surface area (Å²) < 4.78 is 0. The van der Waals surface area contributed by atoms with Crippen molar-refractivity contribution in [3.63, 3.8) is 0 Å². The van der Waals surface area contributed by atoms with Crippen LogP contribution in [0.3, 0.4) is 0 Å². The van der Waals surface area contributed by atoms with Gasteiger partial charge in [-0.15, -0.1) is 0 Å². The van der Waals surface area contributed by atoms with E-state index in [1.54, 1.807) is 30.5 Å². The zero-order valence-corrected chi connectivity index (χ0v) is 17.8. The molecule has 154 valence electrons. The molecule has 0 amide bonds. The average molecular weight is 402 g/mol. The SMILES string of the molecule is CN(C)C(=C/C=N\C(NCc1ccccc1)=C(/C#N)C(=O)c1ccccc1)N(C)C. The fourth-order valence-corrected chi connectivity index (χ4v) is 2.80. The van der Waals surface area contributed by atoms with Crippen LogP contribution in [0.5, 0.6) is 0 Å². The van der Waals surface area contributed by atoms with E-state index in [0.717, 1.165) is 11.4 Å². The highest BCUT2D eigenvalue weighted by molar-refractivity contribution is 6.11. The number of carbonyl (C=O) groups is 1. The summed E-state index contributed by atoms with van der Waals surface area (Å²) in [5.74, 6) is 0.799. The molecule has 6 heteroatoms. The van der Waals surface area contributed by atoms with Gasteiger partial charge in [-0.3, -0.25) is 4.79 Å². The molecule has 0 unspecified atom stereocenters. The molecule has 30 heavy (non-hydrogen) atoms. The minimum atomic E-state index is -0.366. The molecule has 0 radical (unpaired) electrons. The Hall–Kier alpha value is -3.85. The molecule has 0 atom stereocenters. The summed E-state index contributed by atoms with van der Waals surface area (Å²) in [6, 6.07) is 20.5. The number of nitriles is 1. The number of allylic oxidation sites excluding steroid dienone is 2. The molecule has 2 aromatic carbocycles. The normalized spacial score (nSPS) is 11.3. The molecule has 2 aromatic rings. The first-order valence-electron chi connectivity index (χ1n) is 9.55. The zero-order chi connectivity index (χ0) is 21.9. The molecule has 0 aliphatic rings. The van der Waals surface area contributed by atoms with Gasteiger partial charge in [0, 0.05) is 46.5 Å². The molecule has 0 aliphatic carbocycles. The predicted molar refractivity (Wildman–Crippen MR) is 121 cm³/mol. The van der Waals surface area contributed by atoms with E-state index in [4.69, 9.17) is 0 Å².